The van der Waals surface area contributed by atoms with Crippen molar-refractivity contribution in [2.24, 2.45) is 0 Å². The number of hydrogen-bond acceptors (Lipinski definition) is 6. The Hall–Kier alpha value is -2.66. The number of benzene rings is 2. The van der Waals surface area contributed by atoms with E-state index in [0.29, 0.717) is 37.1 Å². The molecule has 3 aromatic rings. The fraction of sp³-hybridized carbons (Fsp3) is 0.391. The second kappa shape index (κ2) is 10.1. The SMILES string of the molecule is Cc1ccc(S(=O)(=O)N[C@H]2CC[C@@H](CCn3cc(-c4ccccc4F)nn3)O[C@H]2CO)cc1. The monoisotopic (exact) mass is 474 g/mol. The van der Waals surface area contributed by atoms with Crippen LogP contribution in [-0.2, 0) is 21.3 Å². The summed E-state index contributed by atoms with van der Waals surface area (Å²) in [4.78, 5) is 0.184. The zero-order chi connectivity index (χ0) is 23.4. The highest BCUT2D eigenvalue weighted by molar-refractivity contribution is 7.89. The first-order valence-corrected chi connectivity index (χ1v) is 12.3. The van der Waals surface area contributed by atoms with Gasteiger partial charge in [0.1, 0.15) is 11.5 Å². The highest BCUT2D eigenvalue weighted by Crippen LogP contribution is 2.25. The quantitative estimate of drug-likeness (QED) is 0.520. The Balaban J connectivity index is 1.34. The van der Waals surface area contributed by atoms with Gasteiger partial charge >= 0.3 is 0 Å². The first-order valence-electron chi connectivity index (χ1n) is 10.9. The van der Waals surface area contributed by atoms with Crippen LogP contribution in [0.25, 0.3) is 11.3 Å². The van der Waals surface area contributed by atoms with E-state index in [2.05, 4.69) is 15.0 Å². The Kier molecular flexibility index (Phi) is 7.18. The molecule has 2 aromatic carbocycles. The van der Waals surface area contributed by atoms with E-state index in [9.17, 15) is 17.9 Å². The molecule has 2 heterocycles. The van der Waals surface area contributed by atoms with Gasteiger partial charge in [-0.3, -0.25) is 4.68 Å². The number of hydrogen-bond donors (Lipinski definition) is 2. The van der Waals surface area contributed by atoms with Crippen LogP contribution in [-0.4, -0.2) is 53.4 Å². The Morgan fingerprint density at radius 1 is 1.18 bits per heavy atom. The van der Waals surface area contributed by atoms with E-state index in [-0.39, 0.29) is 23.4 Å². The summed E-state index contributed by atoms with van der Waals surface area (Å²) in [6.45, 7) is 2.10. The van der Waals surface area contributed by atoms with Crippen LogP contribution < -0.4 is 4.72 Å². The molecule has 0 saturated carbocycles. The van der Waals surface area contributed by atoms with E-state index in [0.717, 1.165) is 5.56 Å². The van der Waals surface area contributed by atoms with E-state index in [4.69, 9.17) is 4.74 Å². The molecule has 0 spiro atoms. The molecule has 1 aliphatic heterocycles. The summed E-state index contributed by atoms with van der Waals surface area (Å²) >= 11 is 0. The largest absolute Gasteiger partial charge is 0.394 e. The molecule has 0 amide bonds. The standard InChI is InChI=1S/C23H27FN4O4S/c1-16-6-9-18(10-7-16)33(30,31)26-21-11-8-17(32-23(21)15-29)12-13-28-14-22(25-27-28)19-4-2-3-5-20(19)24/h2-7,9-10,14,17,21,23,26,29H,8,11-13,15H2,1H3/t17-,21-,23-/m0/s1. The molecule has 0 bridgehead atoms. The van der Waals surface area contributed by atoms with Gasteiger partial charge in [-0.25, -0.2) is 17.5 Å². The summed E-state index contributed by atoms with van der Waals surface area (Å²) in [6, 6.07) is 12.5. The van der Waals surface area contributed by atoms with Crippen molar-refractivity contribution in [3.05, 3.63) is 66.1 Å². The number of aromatic nitrogens is 3. The van der Waals surface area contributed by atoms with Gasteiger partial charge in [-0.1, -0.05) is 35.0 Å². The smallest absolute Gasteiger partial charge is 0.240 e. The lowest BCUT2D eigenvalue weighted by atomic mass is 9.98. The van der Waals surface area contributed by atoms with E-state index < -0.39 is 22.2 Å². The molecule has 10 heteroatoms. The van der Waals surface area contributed by atoms with Crippen LogP contribution in [0.1, 0.15) is 24.8 Å². The van der Waals surface area contributed by atoms with Gasteiger partial charge in [0.25, 0.3) is 0 Å². The average molecular weight is 475 g/mol. The molecule has 1 aromatic heterocycles. The molecule has 176 valence electrons. The number of aryl methyl sites for hydroxylation is 2. The van der Waals surface area contributed by atoms with Crippen molar-refractivity contribution >= 4 is 10.0 Å². The van der Waals surface area contributed by atoms with Crippen molar-refractivity contribution in [1.82, 2.24) is 19.7 Å². The predicted octanol–water partition coefficient (Wildman–Crippen LogP) is 2.67. The maximum absolute atomic E-state index is 14.0. The van der Waals surface area contributed by atoms with E-state index in [1.54, 1.807) is 53.3 Å². The molecule has 1 fully saturated rings. The summed E-state index contributed by atoms with van der Waals surface area (Å²) in [5, 5.41) is 17.9. The number of sulfonamides is 1. The summed E-state index contributed by atoms with van der Waals surface area (Å²) in [5.74, 6) is -0.356. The first kappa shape index (κ1) is 23.5. The molecule has 33 heavy (non-hydrogen) atoms. The third-order valence-electron chi connectivity index (χ3n) is 5.80. The molecule has 0 radical (unpaired) electrons. The van der Waals surface area contributed by atoms with Crippen LogP contribution in [0, 0.1) is 12.7 Å². The van der Waals surface area contributed by atoms with Crippen LogP contribution in [0.15, 0.2) is 59.6 Å². The molecule has 4 rings (SSSR count). The maximum atomic E-state index is 14.0. The Morgan fingerprint density at radius 2 is 1.94 bits per heavy atom. The van der Waals surface area contributed by atoms with Crippen LogP contribution in [0.2, 0.25) is 0 Å². The van der Waals surface area contributed by atoms with Crippen LogP contribution >= 0.6 is 0 Å². The lowest BCUT2D eigenvalue weighted by molar-refractivity contribution is -0.0891. The molecule has 3 atom stereocenters. The zero-order valence-electron chi connectivity index (χ0n) is 18.3. The summed E-state index contributed by atoms with van der Waals surface area (Å²) in [5.41, 5.74) is 1.82. The van der Waals surface area contributed by atoms with Crippen LogP contribution in [0.4, 0.5) is 4.39 Å². The Bertz CT molecular complexity index is 1180. The number of ether oxygens (including phenoxy) is 1. The fourth-order valence-electron chi connectivity index (χ4n) is 3.94. The Morgan fingerprint density at radius 3 is 2.67 bits per heavy atom. The van der Waals surface area contributed by atoms with Gasteiger partial charge < -0.3 is 9.84 Å². The maximum Gasteiger partial charge on any atom is 0.240 e. The van der Waals surface area contributed by atoms with Crippen molar-refractivity contribution < 1.29 is 22.7 Å². The minimum atomic E-state index is -3.71. The molecule has 1 aliphatic rings. The second-order valence-corrected chi connectivity index (χ2v) is 9.95. The normalized spacial score (nSPS) is 21.2. The third-order valence-corrected chi connectivity index (χ3v) is 7.31. The van der Waals surface area contributed by atoms with Crippen molar-refractivity contribution in [2.75, 3.05) is 6.61 Å². The van der Waals surface area contributed by atoms with Gasteiger partial charge in [0.2, 0.25) is 10.0 Å². The first-order chi connectivity index (χ1) is 15.9. The number of halogens is 1. The molecular weight excluding hydrogens is 447 g/mol. The van der Waals surface area contributed by atoms with Gasteiger partial charge in [-0.2, -0.15) is 0 Å². The topological polar surface area (TPSA) is 106 Å². The number of aliphatic hydroxyl groups is 1. The van der Waals surface area contributed by atoms with Gasteiger partial charge in [-0.15, -0.1) is 5.10 Å². The zero-order valence-corrected chi connectivity index (χ0v) is 19.1. The van der Waals surface area contributed by atoms with Crippen molar-refractivity contribution in [1.29, 1.82) is 0 Å². The van der Waals surface area contributed by atoms with Gasteiger partial charge in [-0.05, 0) is 50.5 Å². The average Bonchev–Trinajstić information content (AvgIpc) is 3.27. The second-order valence-electron chi connectivity index (χ2n) is 8.23. The minimum absolute atomic E-state index is 0.164. The number of nitrogens with zero attached hydrogens (tertiary/aromatic N) is 3. The van der Waals surface area contributed by atoms with Gasteiger partial charge in [0.15, 0.2) is 0 Å². The van der Waals surface area contributed by atoms with E-state index in [1.165, 1.54) is 6.07 Å². The lowest BCUT2D eigenvalue weighted by Gasteiger charge is -2.36. The van der Waals surface area contributed by atoms with E-state index >= 15 is 0 Å². The molecule has 8 nitrogen and oxygen atoms in total. The number of nitrogens with one attached hydrogen (secondary N) is 1. The van der Waals surface area contributed by atoms with Crippen LogP contribution in [0.3, 0.4) is 0 Å². The van der Waals surface area contributed by atoms with Crippen molar-refractivity contribution in [2.45, 2.75) is 55.9 Å². The fourth-order valence-corrected chi connectivity index (χ4v) is 5.24. The van der Waals surface area contributed by atoms with Crippen LogP contribution in [0.5, 0.6) is 0 Å². The molecule has 2 N–H and O–H groups in total. The highest BCUT2D eigenvalue weighted by Gasteiger charge is 2.34. The number of aliphatic hydroxyl groups excluding tert-OH is 1. The van der Waals surface area contributed by atoms with E-state index in [1.807, 2.05) is 6.92 Å². The summed E-state index contributed by atoms with van der Waals surface area (Å²) in [7, 11) is -3.71. The third kappa shape index (κ3) is 5.64. The predicted molar refractivity (Wildman–Crippen MR) is 120 cm³/mol. The summed E-state index contributed by atoms with van der Waals surface area (Å²) in [6.07, 6.45) is 2.65. The lowest BCUT2D eigenvalue weighted by Crippen LogP contribution is -2.50. The summed E-state index contributed by atoms with van der Waals surface area (Å²) < 4.78 is 49.7. The van der Waals surface area contributed by atoms with Gasteiger partial charge in [0, 0.05) is 12.1 Å². The number of rotatable bonds is 8. The van der Waals surface area contributed by atoms with Crippen molar-refractivity contribution in [3.63, 3.8) is 0 Å². The Labute approximate surface area is 192 Å². The minimum Gasteiger partial charge on any atom is -0.394 e. The molecule has 0 aliphatic carbocycles. The van der Waals surface area contributed by atoms with Gasteiger partial charge in [0.05, 0.1) is 35.9 Å². The van der Waals surface area contributed by atoms with Crippen molar-refractivity contribution in [3.8, 4) is 11.3 Å². The molecule has 0 unspecified atom stereocenters. The molecular formula is C23H27FN4O4S. The highest BCUT2D eigenvalue weighted by atomic mass is 32.2. The molecule has 1 saturated heterocycles.